The predicted molar refractivity (Wildman–Crippen MR) is 132 cm³/mol. The zero-order chi connectivity index (χ0) is 23.5. The third kappa shape index (κ3) is 4.66. The first-order valence-corrected chi connectivity index (χ1v) is 11.9. The molecule has 0 atom stereocenters. The highest BCUT2D eigenvalue weighted by Gasteiger charge is 2.17. The first kappa shape index (κ1) is 22.1. The topological polar surface area (TPSA) is 80.3 Å². The molecule has 0 saturated carbocycles. The summed E-state index contributed by atoms with van der Waals surface area (Å²) in [4.78, 5) is 25.9. The van der Waals surface area contributed by atoms with Gasteiger partial charge in [0, 0.05) is 57.0 Å². The molecular weight excluding hydrogens is 428 g/mol. The van der Waals surface area contributed by atoms with Crippen LogP contribution in [0.4, 0.5) is 5.69 Å². The highest BCUT2D eigenvalue weighted by Crippen LogP contribution is 2.27. The Balaban J connectivity index is 1.30. The minimum absolute atomic E-state index is 0.234. The van der Waals surface area contributed by atoms with E-state index in [0.717, 1.165) is 53.8 Å². The number of anilines is 1. The number of carbonyl (C=O) groups excluding carboxylic acids is 1. The molecule has 1 aliphatic rings. The van der Waals surface area contributed by atoms with Gasteiger partial charge in [-0.25, -0.2) is 4.98 Å². The maximum Gasteiger partial charge on any atom is 0.258 e. The highest BCUT2D eigenvalue weighted by molar-refractivity contribution is 5.81. The Kier molecular flexibility index (Phi) is 6.29. The Morgan fingerprint density at radius 1 is 1.03 bits per heavy atom. The monoisotopic (exact) mass is 458 g/mol. The van der Waals surface area contributed by atoms with Crippen LogP contribution < -0.4 is 4.90 Å². The number of hydrogen-bond donors (Lipinski definition) is 0. The lowest BCUT2D eigenvalue weighted by molar-refractivity contribution is -0.131. The molecule has 0 radical (unpaired) electrons. The van der Waals surface area contributed by atoms with Crippen LogP contribution in [0.2, 0.25) is 0 Å². The Bertz CT molecular complexity index is 1280. The molecule has 1 amide bonds. The van der Waals surface area contributed by atoms with E-state index in [1.807, 2.05) is 70.9 Å². The van der Waals surface area contributed by atoms with Crippen molar-refractivity contribution in [3.05, 3.63) is 48.8 Å². The lowest BCUT2D eigenvalue weighted by atomic mass is 10.1. The van der Waals surface area contributed by atoms with E-state index in [0.29, 0.717) is 24.7 Å². The Hall–Kier alpha value is -3.68. The fourth-order valence-corrected chi connectivity index (χ4v) is 4.45. The van der Waals surface area contributed by atoms with E-state index in [9.17, 15) is 4.79 Å². The number of aromatic nitrogens is 4. The minimum Gasteiger partial charge on any atom is -0.378 e. The van der Waals surface area contributed by atoms with Gasteiger partial charge in [0.2, 0.25) is 11.7 Å². The molecule has 0 N–H and O–H groups in total. The molecule has 3 heterocycles. The average Bonchev–Trinajstić information content (AvgIpc) is 3.41. The van der Waals surface area contributed by atoms with Crippen molar-refractivity contribution < 1.29 is 9.32 Å². The van der Waals surface area contributed by atoms with E-state index in [4.69, 9.17) is 4.52 Å². The third-order valence-electron chi connectivity index (χ3n) is 6.44. The largest absolute Gasteiger partial charge is 0.378 e. The average molecular weight is 459 g/mol. The van der Waals surface area contributed by atoms with Crippen molar-refractivity contribution in [2.45, 2.75) is 38.6 Å². The van der Waals surface area contributed by atoms with E-state index in [-0.39, 0.29) is 5.91 Å². The second-order valence-corrected chi connectivity index (χ2v) is 9.05. The quantitative estimate of drug-likeness (QED) is 0.420. The number of benzene rings is 2. The summed E-state index contributed by atoms with van der Waals surface area (Å²) in [6, 6.07) is 13.9. The number of imidazole rings is 1. The third-order valence-corrected chi connectivity index (χ3v) is 6.44. The van der Waals surface area contributed by atoms with Crippen LogP contribution in [0.5, 0.6) is 0 Å². The molecule has 8 nitrogen and oxygen atoms in total. The van der Waals surface area contributed by atoms with Crippen molar-refractivity contribution in [1.82, 2.24) is 24.6 Å². The number of amides is 1. The minimum atomic E-state index is 0.234. The van der Waals surface area contributed by atoms with Gasteiger partial charge in [-0.2, -0.15) is 4.98 Å². The SMILES string of the molecule is CN(C)c1cccc(-c2nc(-c3ccc4c(c3)ncn4CCC(=O)N3CCCCCC3)no2)c1. The predicted octanol–water partition coefficient (Wildman–Crippen LogP) is 4.61. The molecule has 2 aromatic carbocycles. The Labute approximate surface area is 199 Å². The lowest BCUT2D eigenvalue weighted by Crippen LogP contribution is -2.32. The molecule has 0 bridgehead atoms. The number of aryl methyl sites for hydroxylation is 1. The molecule has 8 heteroatoms. The molecule has 5 rings (SSSR count). The summed E-state index contributed by atoms with van der Waals surface area (Å²) >= 11 is 0. The van der Waals surface area contributed by atoms with Crippen molar-refractivity contribution in [1.29, 1.82) is 0 Å². The molecule has 0 aliphatic carbocycles. The van der Waals surface area contributed by atoms with E-state index in [1.165, 1.54) is 12.8 Å². The van der Waals surface area contributed by atoms with E-state index < -0.39 is 0 Å². The fourth-order valence-electron chi connectivity index (χ4n) is 4.45. The van der Waals surface area contributed by atoms with Gasteiger partial charge in [0.25, 0.3) is 5.89 Å². The van der Waals surface area contributed by atoms with Crippen LogP contribution in [-0.2, 0) is 11.3 Å². The molecule has 4 aromatic rings. The van der Waals surface area contributed by atoms with E-state index >= 15 is 0 Å². The van der Waals surface area contributed by atoms with Crippen LogP contribution in [0.15, 0.2) is 53.3 Å². The van der Waals surface area contributed by atoms with Crippen LogP contribution in [-0.4, -0.2) is 57.7 Å². The standard InChI is InChI=1S/C26H30N6O2/c1-30(2)21-9-7-8-20(16-21)26-28-25(29-34-26)19-10-11-23-22(17-19)27-18-32(23)15-12-24(33)31-13-5-3-4-6-14-31/h7-11,16-18H,3-6,12-15H2,1-2H3. The zero-order valence-electron chi connectivity index (χ0n) is 19.8. The molecule has 34 heavy (non-hydrogen) atoms. The van der Waals surface area contributed by atoms with Gasteiger partial charge < -0.3 is 18.9 Å². The van der Waals surface area contributed by atoms with Gasteiger partial charge in [-0.15, -0.1) is 0 Å². The van der Waals surface area contributed by atoms with Crippen LogP contribution in [0.25, 0.3) is 33.9 Å². The van der Waals surface area contributed by atoms with Gasteiger partial charge in [0.05, 0.1) is 17.4 Å². The van der Waals surface area contributed by atoms with Gasteiger partial charge in [0.1, 0.15) is 0 Å². The lowest BCUT2D eigenvalue weighted by Gasteiger charge is -2.20. The van der Waals surface area contributed by atoms with Crippen LogP contribution in [0.1, 0.15) is 32.1 Å². The number of nitrogens with zero attached hydrogens (tertiary/aromatic N) is 6. The Morgan fingerprint density at radius 3 is 2.65 bits per heavy atom. The van der Waals surface area contributed by atoms with Gasteiger partial charge in [0.15, 0.2) is 0 Å². The zero-order valence-corrected chi connectivity index (χ0v) is 19.8. The molecule has 1 fully saturated rings. The van der Waals surface area contributed by atoms with Gasteiger partial charge in [-0.3, -0.25) is 4.79 Å². The van der Waals surface area contributed by atoms with E-state index in [2.05, 4.69) is 15.1 Å². The number of likely N-dealkylation sites (tertiary alicyclic amines) is 1. The van der Waals surface area contributed by atoms with Crippen LogP contribution >= 0.6 is 0 Å². The number of hydrogen-bond acceptors (Lipinski definition) is 6. The first-order valence-electron chi connectivity index (χ1n) is 11.9. The highest BCUT2D eigenvalue weighted by atomic mass is 16.5. The summed E-state index contributed by atoms with van der Waals surface area (Å²) < 4.78 is 7.59. The van der Waals surface area contributed by atoms with Crippen molar-refractivity contribution >= 4 is 22.6 Å². The molecule has 1 saturated heterocycles. The second-order valence-electron chi connectivity index (χ2n) is 9.05. The van der Waals surface area contributed by atoms with Crippen molar-refractivity contribution in [3.63, 3.8) is 0 Å². The first-order chi connectivity index (χ1) is 16.6. The van der Waals surface area contributed by atoms with Crippen LogP contribution in [0.3, 0.4) is 0 Å². The van der Waals surface area contributed by atoms with Crippen molar-refractivity contribution in [2.75, 3.05) is 32.1 Å². The normalized spacial score (nSPS) is 14.4. The van der Waals surface area contributed by atoms with Gasteiger partial charge >= 0.3 is 0 Å². The maximum absolute atomic E-state index is 12.7. The van der Waals surface area contributed by atoms with Crippen molar-refractivity contribution in [2.24, 2.45) is 0 Å². The Morgan fingerprint density at radius 2 is 1.85 bits per heavy atom. The number of carbonyl (C=O) groups is 1. The summed E-state index contributed by atoms with van der Waals surface area (Å²) in [5.41, 5.74) is 4.63. The van der Waals surface area contributed by atoms with Gasteiger partial charge in [-0.1, -0.05) is 24.1 Å². The van der Waals surface area contributed by atoms with E-state index in [1.54, 1.807) is 6.33 Å². The summed E-state index contributed by atoms with van der Waals surface area (Å²) in [7, 11) is 4.00. The summed E-state index contributed by atoms with van der Waals surface area (Å²) in [6.07, 6.45) is 6.97. The maximum atomic E-state index is 12.7. The molecule has 2 aromatic heterocycles. The molecular formula is C26H30N6O2. The molecule has 176 valence electrons. The summed E-state index contributed by atoms with van der Waals surface area (Å²) in [5.74, 6) is 1.24. The summed E-state index contributed by atoms with van der Waals surface area (Å²) in [5, 5.41) is 4.19. The molecule has 0 spiro atoms. The van der Waals surface area contributed by atoms with Crippen LogP contribution in [0, 0.1) is 0 Å². The van der Waals surface area contributed by atoms with Gasteiger partial charge in [-0.05, 0) is 49.2 Å². The fraction of sp³-hybridized carbons (Fsp3) is 0.385. The number of fused-ring (bicyclic) bond motifs is 1. The second kappa shape index (κ2) is 9.67. The smallest absolute Gasteiger partial charge is 0.258 e. The number of rotatable bonds is 6. The van der Waals surface area contributed by atoms with Crippen molar-refractivity contribution in [3.8, 4) is 22.8 Å². The summed E-state index contributed by atoms with van der Waals surface area (Å²) in [6.45, 7) is 2.40. The molecule has 1 aliphatic heterocycles. The molecule has 0 unspecified atom stereocenters.